The fourth-order valence-electron chi connectivity index (χ4n) is 4.26. The van der Waals surface area contributed by atoms with Crippen molar-refractivity contribution < 1.29 is 34.0 Å². The molecule has 2 aliphatic rings. The summed E-state index contributed by atoms with van der Waals surface area (Å²) in [7, 11) is 1.35. The zero-order chi connectivity index (χ0) is 18.8. The second-order valence-electron chi connectivity index (χ2n) is 7.39. The smallest absolute Gasteiger partial charge is 0.311 e. The van der Waals surface area contributed by atoms with Gasteiger partial charge in [-0.1, -0.05) is 20.3 Å². The van der Waals surface area contributed by atoms with Crippen LogP contribution in [0.5, 0.6) is 0 Å². The highest BCUT2D eigenvalue weighted by Gasteiger charge is 2.64. The van der Waals surface area contributed by atoms with Gasteiger partial charge >= 0.3 is 5.97 Å². The van der Waals surface area contributed by atoms with Gasteiger partial charge in [0, 0.05) is 6.42 Å². The minimum Gasteiger partial charge on any atom is -0.469 e. The molecule has 4 unspecified atom stereocenters. The third-order valence-corrected chi connectivity index (χ3v) is 5.26. The molecule has 0 aliphatic carbocycles. The van der Waals surface area contributed by atoms with Crippen LogP contribution in [0.3, 0.4) is 0 Å². The molecule has 7 nitrogen and oxygen atoms in total. The van der Waals surface area contributed by atoms with Crippen LogP contribution < -0.4 is 0 Å². The van der Waals surface area contributed by atoms with Crippen LogP contribution in [0.4, 0.5) is 0 Å². The zero-order valence-corrected chi connectivity index (χ0v) is 15.9. The van der Waals surface area contributed by atoms with Crippen LogP contribution in [-0.4, -0.2) is 65.7 Å². The number of methoxy groups -OCH3 is 1. The largest absolute Gasteiger partial charge is 0.469 e. The SMILES string of the molecule is CCCC(C(=O)OC)C1C[C@@H](O)C2(OC(C)(C)O[C@H]2CC)C(CO)O1. The molecule has 0 aromatic heterocycles. The summed E-state index contributed by atoms with van der Waals surface area (Å²) in [5.74, 6) is -1.72. The van der Waals surface area contributed by atoms with Crippen molar-refractivity contribution in [3.8, 4) is 0 Å². The van der Waals surface area contributed by atoms with E-state index in [9.17, 15) is 15.0 Å². The fraction of sp³-hybridized carbons (Fsp3) is 0.944. The van der Waals surface area contributed by atoms with Gasteiger partial charge in [0.15, 0.2) is 11.4 Å². The second kappa shape index (κ2) is 7.88. The normalized spacial score (nSPS) is 38.7. The Morgan fingerprint density at radius 3 is 2.52 bits per heavy atom. The number of rotatable bonds is 6. The Morgan fingerprint density at radius 2 is 2.00 bits per heavy atom. The number of carbonyl (C=O) groups is 1. The van der Waals surface area contributed by atoms with Crippen LogP contribution in [-0.2, 0) is 23.7 Å². The van der Waals surface area contributed by atoms with Crippen LogP contribution in [0.2, 0.25) is 0 Å². The summed E-state index contributed by atoms with van der Waals surface area (Å²) >= 11 is 0. The predicted octanol–water partition coefficient (Wildman–Crippen LogP) is 1.39. The summed E-state index contributed by atoms with van der Waals surface area (Å²) in [5.41, 5.74) is -1.14. The third kappa shape index (κ3) is 3.71. The minimum absolute atomic E-state index is 0.228. The maximum atomic E-state index is 12.1. The fourth-order valence-corrected chi connectivity index (χ4v) is 4.26. The molecule has 2 fully saturated rings. The number of esters is 1. The predicted molar refractivity (Wildman–Crippen MR) is 89.8 cm³/mol. The number of carbonyl (C=O) groups excluding carboxylic acids is 1. The topological polar surface area (TPSA) is 94.5 Å². The first-order valence-electron chi connectivity index (χ1n) is 9.15. The van der Waals surface area contributed by atoms with Gasteiger partial charge in [0.1, 0.15) is 6.10 Å². The molecule has 0 radical (unpaired) electrons. The monoisotopic (exact) mass is 360 g/mol. The third-order valence-electron chi connectivity index (χ3n) is 5.26. The molecule has 2 saturated heterocycles. The first kappa shape index (κ1) is 20.6. The molecule has 2 rings (SSSR count). The van der Waals surface area contributed by atoms with Crippen molar-refractivity contribution in [3.63, 3.8) is 0 Å². The molecule has 25 heavy (non-hydrogen) atoms. The lowest BCUT2D eigenvalue weighted by atomic mass is 9.76. The first-order valence-corrected chi connectivity index (χ1v) is 9.15. The Morgan fingerprint density at radius 1 is 1.32 bits per heavy atom. The van der Waals surface area contributed by atoms with E-state index in [-0.39, 0.29) is 19.0 Å². The van der Waals surface area contributed by atoms with E-state index in [1.165, 1.54) is 7.11 Å². The summed E-state index contributed by atoms with van der Waals surface area (Å²) in [5, 5.41) is 20.9. The Balaban J connectivity index is 2.30. The quantitative estimate of drug-likeness (QED) is 0.691. The van der Waals surface area contributed by atoms with Crippen LogP contribution in [0.15, 0.2) is 0 Å². The molecule has 0 saturated carbocycles. The standard InChI is InChI=1S/C18H32O7/c1-6-8-11(16(21)22-5)12-9-13(20)18(15(10-19)23-12)14(7-2)24-17(3,4)25-18/h11-15,19-20H,6-10H2,1-5H3/t11?,12?,13-,14+,15?,18?/m1/s1. The second-order valence-corrected chi connectivity index (χ2v) is 7.39. The van der Waals surface area contributed by atoms with E-state index in [0.717, 1.165) is 6.42 Å². The molecule has 2 N–H and O–H groups in total. The lowest BCUT2D eigenvalue weighted by molar-refractivity contribution is -0.273. The van der Waals surface area contributed by atoms with Crippen molar-refractivity contribution in [2.24, 2.45) is 5.92 Å². The van der Waals surface area contributed by atoms with Crippen molar-refractivity contribution in [1.29, 1.82) is 0 Å². The van der Waals surface area contributed by atoms with Gasteiger partial charge in [0.05, 0.1) is 37.9 Å². The van der Waals surface area contributed by atoms with E-state index in [4.69, 9.17) is 18.9 Å². The van der Waals surface area contributed by atoms with Gasteiger partial charge in [-0.25, -0.2) is 0 Å². The summed E-state index contributed by atoms with van der Waals surface area (Å²) in [6.07, 6.45) is -0.416. The maximum Gasteiger partial charge on any atom is 0.311 e. The molecule has 0 aromatic carbocycles. The molecular formula is C18H32O7. The molecule has 0 bridgehead atoms. The lowest BCUT2D eigenvalue weighted by Gasteiger charge is -2.49. The van der Waals surface area contributed by atoms with Crippen LogP contribution >= 0.6 is 0 Å². The molecule has 1 spiro atoms. The van der Waals surface area contributed by atoms with Crippen molar-refractivity contribution >= 4 is 5.97 Å². The molecule has 2 aliphatic heterocycles. The number of hydrogen-bond acceptors (Lipinski definition) is 7. The Bertz CT molecular complexity index is 466. The molecule has 146 valence electrons. The summed E-state index contributed by atoms with van der Waals surface area (Å²) in [6.45, 7) is 7.16. The van der Waals surface area contributed by atoms with E-state index in [1.807, 2.05) is 13.8 Å². The van der Waals surface area contributed by atoms with Gasteiger partial charge in [-0.05, 0) is 26.7 Å². The van der Waals surface area contributed by atoms with Gasteiger partial charge in [-0.2, -0.15) is 0 Å². The van der Waals surface area contributed by atoms with Gasteiger partial charge in [0.25, 0.3) is 0 Å². The van der Waals surface area contributed by atoms with Crippen molar-refractivity contribution in [1.82, 2.24) is 0 Å². The zero-order valence-electron chi connectivity index (χ0n) is 15.9. The number of ether oxygens (including phenoxy) is 4. The van der Waals surface area contributed by atoms with Crippen LogP contribution in [0.25, 0.3) is 0 Å². The van der Waals surface area contributed by atoms with Crippen molar-refractivity contribution in [2.45, 2.75) is 89.2 Å². The highest BCUT2D eigenvalue weighted by molar-refractivity contribution is 5.73. The Kier molecular flexibility index (Phi) is 6.49. The number of aliphatic hydroxyl groups is 2. The first-order chi connectivity index (χ1) is 11.8. The van der Waals surface area contributed by atoms with Gasteiger partial charge in [-0.15, -0.1) is 0 Å². The van der Waals surface area contributed by atoms with E-state index in [1.54, 1.807) is 13.8 Å². The highest BCUT2D eigenvalue weighted by Crippen LogP contribution is 2.48. The van der Waals surface area contributed by atoms with E-state index in [0.29, 0.717) is 12.8 Å². The molecule has 0 amide bonds. The molecule has 7 heteroatoms. The molecule has 0 aromatic rings. The lowest BCUT2D eigenvalue weighted by Crippen LogP contribution is -2.66. The van der Waals surface area contributed by atoms with Crippen molar-refractivity contribution in [2.75, 3.05) is 13.7 Å². The minimum atomic E-state index is -1.14. The summed E-state index contributed by atoms with van der Waals surface area (Å²) in [6, 6.07) is 0. The average molecular weight is 360 g/mol. The summed E-state index contributed by atoms with van der Waals surface area (Å²) in [4.78, 5) is 12.1. The Hall–Kier alpha value is -0.730. The molecular weight excluding hydrogens is 328 g/mol. The van der Waals surface area contributed by atoms with Gasteiger partial charge in [0.2, 0.25) is 0 Å². The van der Waals surface area contributed by atoms with Crippen molar-refractivity contribution in [3.05, 3.63) is 0 Å². The van der Waals surface area contributed by atoms with E-state index in [2.05, 4.69) is 0 Å². The summed E-state index contributed by atoms with van der Waals surface area (Å²) < 4.78 is 23.0. The van der Waals surface area contributed by atoms with Gasteiger partial charge < -0.3 is 29.2 Å². The number of aliphatic hydroxyl groups excluding tert-OH is 2. The Labute approximate surface area is 149 Å². The van der Waals surface area contributed by atoms with Gasteiger partial charge in [-0.3, -0.25) is 4.79 Å². The highest BCUT2D eigenvalue weighted by atomic mass is 16.8. The van der Waals surface area contributed by atoms with E-state index < -0.39 is 41.7 Å². The van der Waals surface area contributed by atoms with E-state index >= 15 is 0 Å². The average Bonchev–Trinajstić information content (AvgIpc) is 2.86. The van der Waals surface area contributed by atoms with Crippen LogP contribution in [0, 0.1) is 5.92 Å². The number of hydrogen-bond donors (Lipinski definition) is 2. The maximum absolute atomic E-state index is 12.1. The molecule has 2 heterocycles. The molecule has 6 atom stereocenters. The van der Waals surface area contributed by atoms with Crippen LogP contribution in [0.1, 0.15) is 53.4 Å².